The fourth-order valence-corrected chi connectivity index (χ4v) is 2.08. The van der Waals surface area contributed by atoms with Crippen LogP contribution in [0.2, 0.25) is 0 Å². The molecule has 1 aromatic carbocycles. The first kappa shape index (κ1) is 11.7. The van der Waals surface area contributed by atoms with Crippen molar-refractivity contribution in [2.45, 2.75) is 12.3 Å². The van der Waals surface area contributed by atoms with Crippen LogP contribution in [0.4, 0.5) is 4.39 Å². The molecule has 5 heteroatoms. The molecule has 1 N–H and O–H groups in total. The Balaban J connectivity index is 2.44. The molecule has 0 aromatic heterocycles. The van der Waals surface area contributed by atoms with Crippen molar-refractivity contribution in [3.05, 3.63) is 23.5 Å². The Kier molecular flexibility index (Phi) is 2.92. The van der Waals surface area contributed by atoms with Crippen LogP contribution in [0.1, 0.15) is 17.9 Å². The van der Waals surface area contributed by atoms with Crippen molar-refractivity contribution in [1.82, 2.24) is 0 Å². The van der Waals surface area contributed by atoms with Gasteiger partial charge in [0.2, 0.25) is 0 Å². The van der Waals surface area contributed by atoms with Gasteiger partial charge >= 0.3 is 5.97 Å². The summed E-state index contributed by atoms with van der Waals surface area (Å²) in [5.41, 5.74) is 0.516. The lowest BCUT2D eigenvalue weighted by atomic mass is 10.1. The minimum Gasteiger partial charge on any atom is -0.496 e. The third-order valence-electron chi connectivity index (χ3n) is 3.01. The summed E-state index contributed by atoms with van der Waals surface area (Å²) in [5.74, 6) is -1.52. The largest absolute Gasteiger partial charge is 0.496 e. The highest BCUT2D eigenvalue weighted by Gasteiger charge is 2.47. The van der Waals surface area contributed by atoms with Gasteiger partial charge in [-0.05, 0) is 18.6 Å². The van der Waals surface area contributed by atoms with Crippen molar-refractivity contribution in [1.29, 1.82) is 0 Å². The second kappa shape index (κ2) is 4.24. The first-order valence-electron chi connectivity index (χ1n) is 5.23. The zero-order chi connectivity index (χ0) is 12.6. The summed E-state index contributed by atoms with van der Waals surface area (Å²) in [6.07, 6.45) is 0.492. The molecule has 0 aliphatic heterocycles. The Morgan fingerprint density at radius 2 is 2.12 bits per heavy atom. The van der Waals surface area contributed by atoms with Crippen LogP contribution in [0, 0.1) is 11.7 Å². The van der Waals surface area contributed by atoms with Crippen LogP contribution in [0.3, 0.4) is 0 Å². The zero-order valence-corrected chi connectivity index (χ0v) is 9.57. The minimum absolute atomic E-state index is 0.0816. The molecular formula is C12H13FO4. The lowest BCUT2D eigenvalue weighted by molar-refractivity contribution is -0.138. The van der Waals surface area contributed by atoms with Crippen molar-refractivity contribution in [2.24, 2.45) is 5.92 Å². The Hall–Kier alpha value is -1.78. The number of hydrogen-bond acceptors (Lipinski definition) is 3. The molecule has 0 amide bonds. The number of ether oxygens (including phenoxy) is 2. The predicted octanol–water partition coefficient (Wildman–Crippen LogP) is 2.03. The number of hydrogen-bond donors (Lipinski definition) is 1. The number of carboxylic acids is 1. The van der Waals surface area contributed by atoms with Crippen molar-refractivity contribution in [2.75, 3.05) is 14.2 Å². The molecule has 0 bridgehead atoms. The van der Waals surface area contributed by atoms with E-state index in [0.717, 1.165) is 0 Å². The van der Waals surface area contributed by atoms with Gasteiger partial charge in [-0.1, -0.05) is 0 Å². The van der Waals surface area contributed by atoms with Crippen molar-refractivity contribution < 1.29 is 23.8 Å². The first-order chi connectivity index (χ1) is 8.10. The SMILES string of the molecule is COc1ccc(F)c(OC)c1C1CC1C(=O)O. The van der Waals surface area contributed by atoms with Crippen LogP contribution in [0.25, 0.3) is 0 Å². The molecule has 0 saturated heterocycles. The third kappa shape index (κ3) is 1.92. The first-order valence-corrected chi connectivity index (χ1v) is 5.23. The van der Waals surface area contributed by atoms with Crippen molar-refractivity contribution in [3.8, 4) is 11.5 Å². The van der Waals surface area contributed by atoms with Gasteiger partial charge in [-0.3, -0.25) is 4.79 Å². The number of methoxy groups -OCH3 is 2. The summed E-state index contributed by atoms with van der Waals surface area (Å²) in [5, 5.41) is 8.91. The molecule has 0 radical (unpaired) electrons. The highest BCUT2D eigenvalue weighted by molar-refractivity contribution is 5.76. The molecule has 2 atom stereocenters. The van der Waals surface area contributed by atoms with Crippen LogP contribution in [0.5, 0.6) is 11.5 Å². The van der Waals surface area contributed by atoms with Gasteiger partial charge in [0.05, 0.1) is 20.1 Å². The minimum atomic E-state index is -0.872. The average Bonchev–Trinajstić information content (AvgIpc) is 3.08. The topological polar surface area (TPSA) is 55.8 Å². The smallest absolute Gasteiger partial charge is 0.307 e. The van der Waals surface area contributed by atoms with E-state index in [1.807, 2.05) is 0 Å². The van der Waals surface area contributed by atoms with Crippen LogP contribution in [-0.2, 0) is 4.79 Å². The number of aliphatic carboxylic acids is 1. The lowest BCUT2D eigenvalue weighted by Gasteiger charge is -2.13. The Morgan fingerprint density at radius 3 is 2.59 bits per heavy atom. The Labute approximate surface area is 98.0 Å². The van der Waals surface area contributed by atoms with Gasteiger partial charge in [0.25, 0.3) is 0 Å². The molecule has 2 unspecified atom stereocenters. The van der Waals surface area contributed by atoms with E-state index in [2.05, 4.69) is 0 Å². The molecule has 0 spiro atoms. The lowest BCUT2D eigenvalue weighted by Crippen LogP contribution is -2.03. The van der Waals surface area contributed by atoms with Crippen molar-refractivity contribution >= 4 is 5.97 Å². The summed E-state index contributed by atoms with van der Waals surface area (Å²) in [6.45, 7) is 0. The molecule has 2 rings (SSSR count). The normalized spacial score (nSPS) is 22.1. The van der Waals surface area contributed by atoms with E-state index < -0.39 is 17.7 Å². The van der Waals surface area contributed by atoms with Crippen LogP contribution < -0.4 is 9.47 Å². The van der Waals surface area contributed by atoms with Crippen LogP contribution in [-0.4, -0.2) is 25.3 Å². The number of rotatable bonds is 4. The molecule has 17 heavy (non-hydrogen) atoms. The summed E-state index contributed by atoms with van der Waals surface area (Å²) in [7, 11) is 2.83. The number of carbonyl (C=O) groups is 1. The fourth-order valence-electron chi connectivity index (χ4n) is 2.08. The predicted molar refractivity (Wildman–Crippen MR) is 58.0 cm³/mol. The van der Waals surface area contributed by atoms with Crippen molar-refractivity contribution in [3.63, 3.8) is 0 Å². The summed E-state index contributed by atoms with van der Waals surface area (Å²) >= 11 is 0. The molecule has 1 aliphatic carbocycles. The molecular weight excluding hydrogens is 227 g/mol. The molecule has 1 saturated carbocycles. The second-order valence-electron chi connectivity index (χ2n) is 3.98. The molecule has 1 aromatic rings. The summed E-state index contributed by atoms with van der Waals surface area (Å²) in [6, 6.07) is 2.74. The van der Waals surface area contributed by atoms with Gasteiger partial charge in [0.1, 0.15) is 5.75 Å². The number of carboxylic acid groups (broad SMARTS) is 1. The van der Waals surface area contributed by atoms with Gasteiger partial charge in [-0.2, -0.15) is 0 Å². The monoisotopic (exact) mass is 240 g/mol. The van der Waals surface area contributed by atoms with E-state index in [-0.39, 0.29) is 11.7 Å². The van der Waals surface area contributed by atoms with E-state index in [1.165, 1.54) is 26.4 Å². The molecule has 4 nitrogen and oxygen atoms in total. The second-order valence-corrected chi connectivity index (χ2v) is 3.98. The zero-order valence-electron chi connectivity index (χ0n) is 9.57. The van der Waals surface area contributed by atoms with E-state index in [4.69, 9.17) is 14.6 Å². The van der Waals surface area contributed by atoms with E-state index in [0.29, 0.717) is 17.7 Å². The maximum Gasteiger partial charge on any atom is 0.307 e. The molecule has 0 heterocycles. The fraction of sp³-hybridized carbons (Fsp3) is 0.417. The van der Waals surface area contributed by atoms with Crippen LogP contribution in [0.15, 0.2) is 12.1 Å². The van der Waals surface area contributed by atoms with Crippen LogP contribution >= 0.6 is 0 Å². The maximum absolute atomic E-state index is 13.6. The highest BCUT2D eigenvalue weighted by atomic mass is 19.1. The molecule has 92 valence electrons. The van der Waals surface area contributed by atoms with Gasteiger partial charge in [0.15, 0.2) is 11.6 Å². The van der Waals surface area contributed by atoms with E-state index in [9.17, 15) is 9.18 Å². The number of halogens is 1. The Morgan fingerprint density at radius 1 is 1.41 bits per heavy atom. The van der Waals surface area contributed by atoms with E-state index >= 15 is 0 Å². The quantitative estimate of drug-likeness (QED) is 0.874. The van der Waals surface area contributed by atoms with Gasteiger partial charge in [-0.25, -0.2) is 4.39 Å². The Bertz CT molecular complexity index is 458. The molecule has 1 fully saturated rings. The maximum atomic E-state index is 13.6. The summed E-state index contributed by atoms with van der Waals surface area (Å²) < 4.78 is 23.7. The molecule has 1 aliphatic rings. The average molecular weight is 240 g/mol. The highest BCUT2D eigenvalue weighted by Crippen LogP contribution is 2.54. The number of benzene rings is 1. The third-order valence-corrected chi connectivity index (χ3v) is 3.01. The van der Waals surface area contributed by atoms with Gasteiger partial charge in [-0.15, -0.1) is 0 Å². The van der Waals surface area contributed by atoms with E-state index in [1.54, 1.807) is 0 Å². The van der Waals surface area contributed by atoms with Gasteiger partial charge in [0, 0.05) is 11.5 Å². The van der Waals surface area contributed by atoms with Gasteiger partial charge < -0.3 is 14.6 Å². The summed E-state index contributed by atoms with van der Waals surface area (Å²) in [4.78, 5) is 10.9. The standard InChI is InChI=1S/C12H13FO4/c1-16-9-4-3-8(13)11(17-2)10(9)6-5-7(6)12(14)15/h3-4,6-7H,5H2,1-2H3,(H,14,15).